The number of nitrogens with zero attached hydrogens (tertiary/aromatic N) is 4. The second-order valence-electron chi connectivity index (χ2n) is 4.54. The summed E-state index contributed by atoms with van der Waals surface area (Å²) in [6.07, 6.45) is 0.885. The average Bonchev–Trinajstić information content (AvgIpc) is 2.59. The van der Waals surface area contributed by atoms with Gasteiger partial charge in [0.2, 0.25) is 0 Å². The van der Waals surface area contributed by atoms with E-state index in [-0.39, 0.29) is 6.04 Å². The maximum atomic E-state index is 6.09. The van der Waals surface area contributed by atoms with Gasteiger partial charge in [-0.25, -0.2) is 0 Å². The Hall–Kier alpha value is -1.49. The molecule has 0 fully saturated rings. The molecule has 86 valence electrons. The average molecular weight is 219 g/mol. The number of hydrogen-bond acceptors (Lipinski definition) is 4. The molecule has 2 aromatic rings. The summed E-state index contributed by atoms with van der Waals surface area (Å²) < 4.78 is 1.74. The second kappa shape index (κ2) is 4.17. The molecule has 0 saturated heterocycles. The third-order valence-corrected chi connectivity index (χ3v) is 2.48. The topological polar surface area (TPSA) is 69.1 Å². The standard InChI is InChI=1S/C11H17N5/c1-7(2)6-9(12)11-14-13-10-5-4-8(3)15-16(10)11/h4-5,7,9H,6,12H2,1-3H3. The van der Waals surface area contributed by atoms with Gasteiger partial charge in [-0.05, 0) is 31.4 Å². The maximum Gasteiger partial charge on any atom is 0.177 e. The van der Waals surface area contributed by atoms with Gasteiger partial charge >= 0.3 is 0 Å². The first-order valence-electron chi connectivity index (χ1n) is 5.52. The van der Waals surface area contributed by atoms with E-state index in [0.29, 0.717) is 5.92 Å². The van der Waals surface area contributed by atoms with Crippen molar-refractivity contribution < 1.29 is 0 Å². The lowest BCUT2D eigenvalue weighted by Crippen LogP contribution is -2.17. The number of hydrogen-bond donors (Lipinski definition) is 1. The molecule has 16 heavy (non-hydrogen) atoms. The predicted octanol–water partition coefficient (Wildman–Crippen LogP) is 1.48. The molecule has 0 aliphatic rings. The predicted molar refractivity (Wildman–Crippen MR) is 61.9 cm³/mol. The van der Waals surface area contributed by atoms with E-state index in [4.69, 9.17) is 5.73 Å². The number of nitrogens with two attached hydrogens (primary N) is 1. The Bertz CT molecular complexity index is 488. The normalized spacial score (nSPS) is 13.6. The highest BCUT2D eigenvalue weighted by Gasteiger charge is 2.16. The van der Waals surface area contributed by atoms with Crippen molar-refractivity contribution in [2.24, 2.45) is 11.7 Å². The van der Waals surface area contributed by atoms with E-state index in [0.717, 1.165) is 23.6 Å². The largest absolute Gasteiger partial charge is 0.321 e. The molecular formula is C11H17N5. The lowest BCUT2D eigenvalue weighted by atomic mass is 10.0. The summed E-state index contributed by atoms with van der Waals surface area (Å²) in [5.41, 5.74) is 7.78. The van der Waals surface area contributed by atoms with Crippen LogP contribution in [0.4, 0.5) is 0 Å². The Morgan fingerprint density at radius 1 is 1.31 bits per heavy atom. The number of aromatic nitrogens is 4. The van der Waals surface area contributed by atoms with Gasteiger partial charge in [-0.3, -0.25) is 0 Å². The quantitative estimate of drug-likeness (QED) is 0.848. The highest BCUT2D eigenvalue weighted by Crippen LogP contribution is 2.17. The SMILES string of the molecule is Cc1ccc2nnc(C(N)CC(C)C)n2n1. The molecule has 5 heteroatoms. The first-order chi connectivity index (χ1) is 7.58. The van der Waals surface area contributed by atoms with Gasteiger partial charge in [-0.2, -0.15) is 9.61 Å². The van der Waals surface area contributed by atoms with Gasteiger partial charge in [0.15, 0.2) is 11.5 Å². The number of aryl methyl sites for hydroxylation is 1. The van der Waals surface area contributed by atoms with E-state index >= 15 is 0 Å². The molecule has 0 bridgehead atoms. The Balaban J connectivity index is 2.40. The molecule has 2 heterocycles. The zero-order valence-electron chi connectivity index (χ0n) is 9.88. The minimum Gasteiger partial charge on any atom is -0.321 e. The molecule has 0 amide bonds. The van der Waals surface area contributed by atoms with Crippen molar-refractivity contribution in [3.8, 4) is 0 Å². The third kappa shape index (κ3) is 2.04. The molecule has 2 rings (SSSR count). The molecule has 0 aliphatic heterocycles. The van der Waals surface area contributed by atoms with Gasteiger partial charge < -0.3 is 5.73 Å². The van der Waals surface area contributed by atoms with Gasteiger partial charge in [0, 0.05) is 0 Å². The fraction of sp³-hybridized carbons (Fsp3) is 0.545. The summed E-state index contributed by atoms with van der Waals surface area (Å²) in [7, 11) is 0. The molecule has 0 saturated carbocycles. The zero-order valence-corrected chi connectivity index (χ0v) is 9.88. The van der Waals surface area contributed by atoms with Crippen molar-refractivity contribution in [3.05, 3.63) is 23.7 Å². The molecule has 5 nitrogen and oxygen atoms in total. The lowest BCUT2D eigenvalue weighted by Gasteiger charge is -2.11. The lowest BCUT2D eigenvalue weighted by molar-refractivity contribution is 0.485. The van der Waals surface area contributed by atoms with E-state index in [9.17, 15) is 0 Å². The molecular weight excluding hydrogens is 202 g/mol. The van der Waals surface area contributed by atoms with Crippen LogP contribution >= 0.6 is 0 Å². The van der Waals surface area contributed by atoms with Crippen LogP contribution in [0.1, 0.15) is 37.8 Å². The third-order valence-electron chi connectivity index (χ3n) is 2.48. The van der Waals surface area contributed by atoms with Gasteiger partial charge in [-0.15, -0.1) is 10.2 Å². The smallest absolute Gasteiger partial charge is 0.177 e. The highest BCUT2D eigenvalue weighted by atomic mass is 15.4. The van der Waals surface area contributed by atoms with Crippen molar-refractivity contribution in [1.82, 2.24) is 19.8 Å². The second-order valence-corrected chi connectivity index (χ2v) is 4.54. The molecule has 2 aromatic heterocycles. The summed E-state index contributed by atoms with van der Waals surface area (Å²) in [6, 6.07) is 3.71. The summed E-state index contributed by atoms with van der Waals surface area (Å²) in [5.74, 6) is 1.28. The first kappa shape index (κ1) is 11.0. The van der Waals surface area contributed by atoms with Crippen molar-refractivity contribution in [1.29, 1.82) is 0 Å². The van der Waals surface area contributed by atoms with E-state index < -0.39 is 0 Å². The van der Waals surface area contributed by atoms with E-state index in [1.165, 1.54) is 0 Å². The summed E-state index contributed by atoms with van der Waals surface area (Å²) >= 11 is 0. The van der Waals surface area contributed by atoms with Crippen molar-refractivity contribution in [2.75, 3.05) is 0 Å². The van der Waals surface area contributed by atoms with Gasteiger partial charge in [-0.1, -0.05) is 13.8 Å². The molecule has 0 spiro atoms. The summed E-state index contributed by atoms with van der Waals surface area (Å²) in [6.45, 7) is 6.22. The van der Waals surface area contributed by atoms with Crippen LogP contribution < -0.4 is 5.73 Å². The van der Waals surface area contributed by atoms with Crippen LogP contribution in [-0.4, -0.2) is 19.8 Å². The molecule has 1 unspecified atom stereocenters. The molecule has 2 N–H and O–H groups in total. The van der Waals surface area contributed by atoms with Gasteiger partial charge in [0.25, 0.3) is 0 Å². The number of rotatable bonds is 3. The van der Waals surface area contributed by atoms with Crippen LogP contribution in [0.15, 0.2) is 12.1 Å². The van der Waals surface area contributed by atoms with Crippen molar-refractivity contribution >= 4 is 5.65 Å². The highest BCUT2D eigenvalue weighted by molar-refractivity contribution is 5.36. The van der Waals surface area contributed by atoms with E-state index in [1.54, 1.807) is 4.52 Å². The van der Waals surface area contributed by atoms with Crippen LogP contribution in [0.3, 0.4) is 0 Å². The Morgan fingerprint density at radius 3 is 2.75 bits per heavy atom. The van der Waals surface area contributed by atoms with E-state index in [1.807, 2.05) is 19.1 Å². The molecule has 0 aliphatic carbocycles. The Labute approximate surface area is 94.7 Å². The van der Waals surface area contributed by atoms with Crippen molar-refractivity contribution in [2.45, 2.75) is 33.2 Å². The maximum absolute atomic E-state index is 6.09. The molecule has 0 radical (unpaired) electrons. The minimum atomic E-state index is -0.107. The summed E-state index contributed by atoms with van der Waals surface area (Å²) in [5, 5.41) is 12.5. The Morgan fingerprint density at radius 2 is 2.06 bits per heavy atom. The monoisotopic (exact) mass is 219 g/mol. The van der Waals surface area contributed by atoms with Gasteiger partial charge in [0.05, 0.1) is 11.7 Å². The van der Waals surface area contributed by atoms with Crippen LogP contribution in [0, 0.1) is 12.8 Å². The van der Waals surface area contributed by atoms with Crippen LogP contribution in [0.5, 0.6) is 0 Å². The van der Waals surface area contributed by atoms with Crippen LogP contribution in [-0.2, 0) is 0 Å². The van der Waals surface area contributed by atoms with Crippen LogP contribution in [0.25, 0.3) is 5.65 Å². The Kier molecular flexibility index (Phi) is 2.87. The zero-order chi connectivity index (χ0) is 11.7. The van der Waals surface area contributed by atoms with E-state index in [2.05, 4.69) is 29.1 Å². The fourth-order valence-corrected chi connectivity index (χ4v) is 1.74. The fourth-order valence-electron chi connectivity index (χ4n) is 1.74. The molecule has 0 aromatic carbocycles. The molecule has 1 atom stereocenters. The van der Waals surface area contributed by atoms with Crippen LogP contribution in [0.2, 0.25) is 0 Å². The first-order valence-corrected chi connectivity index (χ1v) is 5.52. The van der Waals surface area contributed by atoms with Crippen molar-refractivity contribution in [3.63, 3.8) is 0 Å². The van der Waals surface area contributed by atoms with Gasteiger partial charge in [0.1, 0.15) is 0 Å². The minimum absolute atomic E-state index is 0.107. The summed E-state index contributed by atoms with van der Waals surface area (Å²) in [4.78, 5) is 0. The number of fused-ring (bicyclic) bond motifs is 1.